The Kier molecular flexibility index (Phi) is 23.9. The van der Waals surface area contributed by atoms with Crippen molar-refractivity contribution < 1.29 is 9.13 Å². The van der Waals surface area contributed by atoms with Crippen LogP contribution >= 0.6 is 0 Å². The molecule has 0 amide bonds. The van der Waals surface area contributed by atoms with Gasteiger partial charge < -0.3 is 0 Å². The van der Waals surface area contributed by atoms with Gasteiger partial charge in [0, 0.05) is 49.1 Å². The van der Waals surface area contributed by atoms with Crippen LogP contribution in [-0.2, 0) is 14.1 Å². The normalized spacial score (nSPS) is 14.4. The van der Waals surface area contributed by atoms with Gasteiger partial charge in [0.15, 0.2) is 24.8 Å². The van der Waals surface area contributed by atoms with E-state index in [9.17, 15) is 0 Å². The monoisotopic (exact) mass is 947 g/mol. The van der Waals surface area contributed by atoms with Crippen LogP contribution in [0.2, 0.25) is 0 Å². The Balaban J connectivity index is 0.000000346. The van der Waals surface area contributed by atoms with Crippen molar-refractivity contribution in [3.8, 4) is 0 Å². The van der Waals surface area contributed by atoms with Gasteiger partial charge in [-0.15, -0.1) is 0 Å². The topological polar surface area (TPSA) is 33.5 Å². The Labute approximate surface area is 429 Å². The van der Waals surface area contributed by atoms with Crippen LogP contribution in [0.3, 0.4) is 0 Å². The lowest BCUT2D eigenvalue weighted by Crippen LogP contribution is -2.27. The van der Waals surface area contributed by atoms with E-state index in [4.69, 9.17) is 0 Å². The highest BCUT2D eigenvalue weighted by Crippen LogP contribution is 2.48. The maximum atomic E-state index is 4.32. The number of benzene rings is 2. The van der Waals surface area contributed by atoms with Crippen molar-refractivity contribution in [3.05, 3.63) is 192 Å². The minimum Gasteiger partial charge on any atom is -0.265 e. The van der Waals surface area contributed by atoms with Crippen LogP contribution in [0.15, 0.2) is 159 Å². The van der Waals surface area contributed by atoms with Crippen LogP contribution in [0.25, 0.3) is 0 Å². The number of aromatic nitrogens is 4. The van der Waals surface area contributed by atoms with Crippen molar-refractivity contribution in [1.82, 2.24) is 9.97 Å². The molecule has 4 heterocycles. The van der Waals surface area contributed by atoms with Gasteiger partial charge in [-0.1, -0.05) is 171 Å². The second-order valence-corrected chi connectivity index (χ2v) is 24.1. The lowest BCUT2D eigenvalue weighted by Gasteiger charge is -2.36. The highest BCUT2D eigenvalue weighted by Gasteiger charge is 2.34. The van der Waals surface area contributed by atoms with Crippen LogP contribution in [0.4, 0.5) is 0 Å². The van der Waals surface area contributed by atoms with Crippen molar-refractivity contribution >= 4 is 0 Å². The standard InChI is InChI=1S/2C31H43N2.2C2H6/c1-30(2,3)23-28(24-13-17-32-18-14-24)21-27(25-15-19-33(7)20-16-25)22-29(31(4,5)6)26-11-9-8-10-12-26;1-30(2,3)23-28(25-15-19-33(7)20-16-25)21-27(24-13-17-32-18-14-24)22-29(31(4,5)6)26-11-9-8-10-12-26;2*1-2/h2*8-20,27-29H,21-23H2,1-7H3;2*1-2H3/q2*+1;;. The summed E-state index contributed by atoms with van der Waals surface area (Å²) in [6, 6.07) is 40.4. The molecule has 4 heteroatoms. The summed E-state index contributed by atoms with van der Waals surface area (Å²) in [5.41, 5.74) is 9.55. The Hall–Kier alpha value is -4.96. The van der Waals surface area contributed by atoms with Gasteiger partial charge >= 0.3 is 0 Å². The fourth-order valence-electron chi connectivity index (χ4n) is 10.3. The fourth-order valence-corrected chi connectivity index (χ4v) is 10.3. The minimum atomic E-state index is 0.187. The van der Waals surface area contributed by atoms with Gasteiger partial charge in [-0.05, 0) is 153 Å². The predicted molar refractivity (Wildman–Crippen MR) is 301 cm³/mol. The summed E-state index contributed by atoms with van der Waals surface area (Å²) in [6.07, 6.45) is 23.5. The van der Waals surface area contributed by atoms with Gasteiger partial charge in [-0.25, -0.2) is 9.13 Å². The zero-order valence-electron chi connectivity index (χ0n) is 47.5. The van der Waals surface area contributed by atoms with Crippen molar-refractivity contribution in [3.63, 3.8) is 0 Å². The number of aryl methyl sites for hydroxylation is 2. The van der Waals surface area contributed by atoms with E-state index in [2.05, 4.69) is 250 Å². The van der Waals surface area contributed by atoms with E-state index in [-0.39, 0.29) is 21.7 Å². The van der Waals surface area contributed by atoms with E-state index in [1.54, 1.807) is 0 Å². The lowest BCUT2D eigenvalue weighted by molar-refractivity contribution is -0.671. The maximum Gasteiger partial charge on any atom is 0.168 e. The predicted octanol–water partition coefficient (Wildman–Crippen LogP) is 17.7. The van der Waals surface area contributed by atoms with Gasteiger partial charge in [0.05, 0.1) is 0 Å². The number of hydrogen-bond acceptors (Lipinski definition) is 2. The molecule has 2 aromatic carbocycles. The molecule has 0 radical (unpaired) electrons. The molecular weight excluding hydrogens is 849 g/mol. The van der Waals surface area contributed by atoms with Gasteiger partial charge in [0.25, 0.3) is 0 Å². The highest BCUT2D eigenvalue weighted by atomic mass is 14.9. The number of rotatable bonds is 16. The molecule has 6 aromatic rings. The van der Waals surface area contributed by atoms with Gasteiger partial charge in [0.1, 0.15) is 14.1 Å². The first-order valence-electron chi connectivity index (χ1n) is 26.9. The Bertz CT molecular complexity index is 2260. The molecule has 0 saturated carbocycles. The van der Waals surface area contributed by atoms with Crippen LogP contribution in [0.5, 0.6) is 0 Å². The number of nitrogens with zero attached hydrogens (tertiary/aromatic N) is 4. The summed E-state index contributed by atoms with van der Waals surface area (Å²) in [5.74, 6) is 2.95. The first-order chi connectivity index (χ1) is 33.1. The minimum absolute atomic E-state index is 0.187. The van der Waals surface area contributed by atoms with Crippen molar-refractivity contribution in [2.45, 2.75) is 185 Å². The average Bonchev–Trinajstić information content (AvgIpc) is 3.32. The molecule has 4 nitrogen and oxygen atoms in total. The van der Waals surface area contributed by atoms with Crippen LogP contribution < -0.4 is 9.13 Å². The van der Waals surface area contributed by atoms with E-state index >= 15 is 0 Å². The molecular formula is C66H98N4+2. The quantitative estimate of drug-likeness (QED) is 0.0906. The van der Waals surface area contributed by atoms with Crippen molar-refractivity contribution in [2.75, 3.05) is 0 Å². The summed E-state index contributed by atoms with van der Waals surface area (Å²) < 4.78 is 4.26. The molecule has 6 atom stereocenters. The largest absolute Gasteiger partial charge is 0.265 e. The third kappa shape index (κ3) is 20.4. The summed E-state index contributed by atoms with van der Waals surface area (Å²) in [7, 11) is 4.19. The van der Waals surface area contributed by atoms with Crippen LogP contribution in [0, 0.1) is 21.7 Å². The fraction of sp³-hybridized carbons (Fsp3) is 0.515. The molecule has 380 valence electrons. The molecule has 0 fully saturated rings. The van der Waals surface area contributed by atoms with E-state index in [1.807, 2.05) is 52.5 Å². The third-order valence-electron chi connectivity index (χ3n) is 13.7. The molecule has 0 aliphatic heterocycles. The molecule has 0 spiro atoms. The highest BCUT2D eigenvalue weighted by molar-refractivity contribution is 5.28. The first kappa shape index (κ1) is 59.3. The molecule has 0 N–H and O–H groups in total. The first-order valence-corrected chi connectivity index (χ1v) is 26.9. The second-order valence-electron chi connectivity index (χ2n) is 24.1. The summed E-state index contributed by atoms with van der Waals surface area (Å²) in [5, 5.41) is 0. The van der Waals surface area contributed by atoms with Gasteiger partial charge in [-0.2, -0.15) is 0 Å². The zero-order chi connectivity index (χ0) is 52.1. The van der Waals surface area contributed by atoms with Crippen LogP contribution in [0.1, 0.15) is 218 Å². The Morgan fingerprint density at radius 1 is 0.343 bits per heavy atom. The SMILES string of the molecule is CC.CC.C[n+]1ccc(C(CC(CC(C)(C)C)c2ccncc2)CC(c2ccccc2)C(C)(C)C)cc1.C[n+]1ccc(C(CC(CC(c2ccccc2)C(C)(C)C)c2ccncc2)CC(C)(C)C)cc1. The molecule has 6 rings (SSSR count). The van der Waals surface area contributed by atoms with E-state index < -0.39 is 0 Å². The molecule has 0 saturated heterocycles. The van der Waals surface area contributed by atoms with Crippen LogP contribution in [-0.4, -0.2) is 9.97 Å². The Morgan fingerprint density at radius 3 is 0.900 bits per heavy atom. The second kappa shape index (κ2) is 28.2. The van der Waals surface area contributed by atoms with Gasteiger partial charge in [0.2, 0.25) is 0 Å². The number of pyridine rings is 4. The summed E-state index contributed by atoms with van der Waals surface area (Å²) in [4.78, 5) is 8.61. The number of hydrogen-bond donors (Lipinski definition) is 0. The Morgan fingerprint density at radius 2 is 0.614 bits per heavy atom. The third-order valence-corrected chi connectivity index (χ3v) is 13.7. The molecule has 6 unspecified atom stereocenters. The van der Waals surface area contributed by atoms with Crippen molar-refractivity contribution in [2.24, 2.45) is 35.8 Å². The lowest BCUT2D eigenvalue weighted by atomic mass is 9.68. The zero-order valence-corrected chi connectivity index (χ0v) is 47.5. The summed E-state index contributed by atoms with van der Waals surface area (Å²) >= 11 is 0. The molecule has 70 heavy (non-hydrogen) atoms. The van der Waals surface area contributed by atoms with E-state index in [0.29, 0.717) is 35.5 Å². The van der Waals surface area contributed by atoms with E-state index in [1.165, 1.54) is 46.2 Å². The molecule has 0 aliphatic rings. The van der Waals surface area contributed by atoms with Gasteiger partial charge in [-0.3, -0.25) is 9.97 Å². The molecule has 4 aromatic heterocycles. The summed E-state index contributed by atoms with van der Waals surface area (Å²) in [6.45, 7) is 36.5. The molecule has 0 aliphatic carbocycles. The van der Waals surface area contributed by atoms with Crippen molar-refractivity contribution in [1.29, 1.82) is 0 Å². The molecule has 0 bridgehead atoms. The average molecular weight is 948 g/mol. The smallest absolute Gasteiger partial charge is 0.168 e. The maximum absolute atomic E-state index is 4.32. The van der Waals surface area contributed by atoms with E-state index in [0.717, 1.165) is 25.7 Å².